The molecule has 0 unspecified atom stereocenters. The third-order valence-corrected chi connectivity index (χ3v) is 7.41. The molecule has 1 aliphatic carbocycles. The second-order valence-electron chi connectivity index (χ2n) is 6.43. The van der Waals surface area contributed by atoms with E-state index in [0.29, 0.717) is 5.41 Å². The van der Waals surface area contributed by atoms with Gasteiger partial charge in [-0.15, -0.1) is 0 Å². The van der Waals surface area contributed by atoms with Crippen molar-refractivity contribution in [3.63, 3.8) is 0 Å². The van der Waals surface area contributed by atoms with Gasteiger partial charge < -0.3 is 0 Å². The minimum absolute atomic E-state index is 0.348. The Morgan fingerprint density at radius 1 is 0.905 bits per heavy atom. The van der Waals surface area contributed by atoms with Gasteiger partial charge in [0.05, 0.1) is 0 Å². The molecular formula is C19H22Br2. The maximum absolute atomic E-state index is 3.83. The summed E-state index contributed by atoms with van der Waals surface area (Å²) in [5.41, 5.74) is 1.85. The van der Waals surface area contributed by atoms with Crippen LogP contribution in [0.4, 0.5) is 0 Å². The van der Waals surface area contributed by atoms with Gasteiger partial charge in [-0.2, -0.15) is 0 Å². The van der Waals surface area contributed by atoms with E-state index in [1.54, 1.807) is 0 Å². The number of hydrogen-bond donors (Lipinski definition) is 0. The number of benzene rings is 2. The molecule has 0 aromatic heterocycles. The fourth-order valence-electron chi connectivity index (χ4n) is 3.86. The lowest BCUT2D eigenvalue weighted by Gasteiger charge is -2.37. The van der Waals surface area contributed by atoms with Gasteiger partial charge >= 0.3 is 0 Å². The molecule has 0 atom stereocenters. The van der Waals surface area contributed by atoms with Crippen LogP contribution in [0.3, 0.4) is 0 Å². The van der Waals surface area contributed by atoms with Crippen molar-refractivity contribution in [2.45, 2.75) is 32.1 Å². The minimum Gasteiger partial charge on any atom is -0.0921 e. The summed E-state index contributed by atoms with van der Waals surface area (Å²) >= 11 is 7.67. The second kappa shape index (κ2) is 6.83. The van der Waals surface area contributed by atoms with Crippen LogP contribution in [-0.2, 0) is 6.42 Å². The van der Waals surface area contributed by atoms with Crippen molar-refractivity contribution in [2.24, 2.45) is 11.3 Å². The summed E-state index contributed by atoms with van der Waals surface area (Å²) in [6.07, 6.45) is 6.75. The smallest absolute Gasteiger partial charge is 0.0102 e. The third-order valence-electron chi connectivity index (χ3n) is 5.18. The van der Waals surface area contributed by atoms with E-state index in [4.69, 9.17) is 0 Å². The lowest BCUT2D eigenvalue weighted by molar-refractivity contribution is 0.233. The van der Waals surface area contributed by atoms with Crippen molar-refractivity contribution in [1.82, 2.24) is 0 Å². The van der Waals surface area contributed by atoms with Crippen molar-refractivity contribution in [3.8, 4) is 0 Å². The highest BCUT2D eigenvalue weighted by Gasteiger charge is 2.38. The Bertz CT molecular complexity index is 590. The van der Waals surface area contributed by atoms with Crippen LogP contribution >= 0.6 is 31.9 Å². The van der Waals surface area contributed by atoms with Crippen LogP contribution in [0.2, 0.25) is 0 Å². The van der Waals surface area contributed by atoms with E-state index in [1.165, 1.54) is 42.0 Å². The number of halogens is 2. The topological polar surface area (TPSA) is 0 Å². The molecule has 0 saturated heterocycles. The van der Waals surface area contributed by atoms with Gasteiger partial charge in [-0.3, -0.25) is 0 Å². The first-order valence-electron chi connectivity index (χ1n) is 7.88. The largest absolute Gasteiger partial charge is 0.0921 e. The maximum atomic E-state index is 3.83. The molecule has 0 N–H and O–H groups in total. The van der Waals surface area contributed by atoms with Crippen molar-refractivity contribution in [1.29, 1.82) is 0 Å². The van der Waals surface area contributed by atoms with Crippen LogP contribution in [0.25, 0.3) is 10.8 Å². The molecule has 2 heteroatoms. The molecule has 1 aliphatic rings. The number of hydrogen-bond acceptors (Lipinski definition) is 0. The lowest BCUT2D eigenvalue weighted by Crippen LogP contribution is -2.35. The number of rotatable bonds is 5. The zero-order valence-corrected chi connectivity index (χ0v) is 15.5. The van der Waals surface area contributed by atoms with Gasteiger partial charge in [0, 0.05) is 10.7 Å². The van der Waals surface area contributed by atoms with Gasteiger partial charge in [0.2, 0.25) is 0 Å². The summed E-state index contributed by atoms with van der Waals surface area (Å²) in [5, 5.41) is 4.95. The number of alkyl halides is 2. The molecule has 21 heavy (non-hydrogen) atoms. The Kier molecular flexibility index (Phi) is 5.06. The summed E-state index contributed by atoms with van der Waals surface area (Å²) in [5.74, 6) is 0.843. The summed E-state index contributed by atoms with van der Waals surface area (Å²) in [6.45, 7) is 0. The Balaban J connectivity index is 1.98. The van der Waals surface area contributed by atoms with E-state index in [1.807, 2.05) is 0 Å². The highest BCUT2D eigenvalue weighted by Crippen LogP contribution is 2.45. The van der Waals surface area contributed by atoms with E-state index in [0.717, 1.165) is 23.0 Å². The van der Waals surface area contributed by atoms with E-state index in [-0.39, 0.29) is 0 Å². The fourth-order valence-corrected chi connectivity index (χ4v) is 6.10. The van der Waals surface area contributed by atoms with Crippen LogP contribution < -0.4 is 0 Å². The Hall–Kier alpha value is -0.340. The molecule has 0 amide bonds. The van der Waals surface area contributed by atoms with Crippen molar-refractivity contribution >= 4 is 42.6 Å². The van der Waals surface area contributed by atoms with Gasteiger partial charge in [-0.05, 0) is 46.9 Å². The standard InChI is InChI=1S/C19H22Br2/c20-13-19(14-21,17-9-2-3-10-17)12-16-8-5-7-15-6-1-4-11-18(15)16/h1,4-8,11,17H,2-3,9-10,12-14H2. The zero-order valence-electron chi connectivity index (χ0n) is 12.3. The molecule has 0 bridgehead atoms. The monoisotopic (exact) mass is 408 g/mol. The molecule has 0 heterocycles. The molecular weight excluding hydrogens is 388 g/mol. The summed E-state index contributed by atoms with van der Waals surface area (Å²) in [7, 11) is 0. The average molecular weight is 410 g/mol. The molecule has 2 aromatic carbocycles. The number of fused-ring (bicyclic) bond motifs is 1. The summed E-state index contributed by atoms with van der Waals surface area (Å²) in [6, 6.07) is 15.5. The van der Waals surface area contributed by atoms with Gasteiger partial charge in [0.15, 0.2) is 0 Å². The van der Waals surface area contributed by atoms with E-state index in [9.17, 15) is 0 Å². The van der Waals surface area contributed by atoms with E-state index in [2.05, 4.69) is 74.3 Å². The van der Waals surface area contributed by atoms with E-state index < -0.39 is 0 Å². The van der Waals surface area contributed by atoms with Gasteiger partial charge in [-0.25, -0.2) is 0 Å². The van der Waals surface area contributed by atoms with Crippen LogP contribution in [0.5, 0.6) is 0 Å². The SMILES string of the molecule is BrCC(CBr)(Cc1cccc2ccccc12)C1CCCC1. The summed E-state index contributed by atoms with van der Waals surface area (Å²) < 4.78 is 0. The average Bonchev–Trinajstić information content (AvgIpc) is 3.08. The fraction of sp³-hybridized carbons (Fsp3) is 0.474. The quantitative estimate of drug-likeness (QED) is 0.504. The van der Waals surface area contributed by atoms with Gasteiger partial charge in [-0.1, -0.05) is 87.2 Å². The normalized spacial score (nSPS) is 16.7. The minimum atomic E-state index is 0.348. The van der Waals surface area contributed by atoms with Crippen LogP contribution in [-0.4, -0.2) is 10.7 Å². The van der Waals surface area contributed by atoms with Crippen LogP contribution in [0.15, 0.2) is 42.5 Å². The molecule has 2 aromatic rings. The molecule has 1 saturated carbocycles. The van der Waals surface area contributed by atoms with Crippen LogP contribution in [0, 0.1) is 11.3 Å². The molecule has 0 radical (unpaired) electrons. The molecule has 0 spiro atoms. The van der Waals surface area contributed by atoms with Crippen molar-refractivity contribution < 1.29 is 0 Å². The second-order valence-corrected chi connectivity index (χ2v) is 7.55. The molecule has 0 aliphatic heterocycles. The molecule has 1 fully saturated rings. The first-order valence-corrected chi connectivity index (χ1v) is 10.1. The van der Waals surface area contributed by atoms with Gasteiger partial charge in [0.25, 0.3) is 0 Å². The maximum Gasteiger partial charge on any atom is 0.0102 e. The van der Waals surface area contributed by atoms with Crippen LogP contribution in [0.1, 0.15) is 31.2 Å². The molecule has 112 valence electrons. The highest BCUT2D eigenvalue weighted by molar-refractivity contribution is 9.09. The first kappa shape index (κ1) is 15.6. The Morgan fingerprint density at radius 3 is 2.29 bits per heavy atom. The van der Waals surface area contributed by atoms with Gasteiger partial charge in [0.1, 0.15) is 0 Å². The molecule has 0 nitrogen and oxygen atoms in total. The first-order chi connectivity index (χ1) is 10.3. The zero-order chi connectivity index (χ0) is 14.7. The predicted octanol–water partition coefficient (Wildman–Crippen LogP) is 6.35. The lowest BCUT2D eigenvalue weighted by atomic mass is 9.73. The highest BCUT2D eigenvalue weighted by atomic mass is 79.9. The Labute approximate surface area is 144 Å². The third kappa shape index (κ3) is 3.07. The molecule has 3 rings (SSSR count). The predicted molar refractivity (Wildman–Crippen MR) is 99.6 cm³/mol. The van der Waals surface area contributed by atoms with Crippen molar-refractivity contribution in [2.75, 3.05) is 10.7 Å². The Morgan fingerprint density at radius 2 is 1.57 bits per heavy atom. The van der Waals surface area contributed by atoms with Crippen molar-refractivity contribution in [3.05, 3.63) is 48.0 Å². The van der Waals surface area contributed by atoms with E-state index >= 15 is 0 Å². The summed E-state index contributed by atoms with van der Waals surface area (Å²) in [4.78, 5) is 0.